The molecule has 1 unspecified atom stereocenters. The zero-order chi connectivity index (χ0) is 17.5. The van der Waals surface area contributed by atoms with Crippen molar-refractivity contribution >= 4 is 28.4 Å². The number of aromatic nitrogens is 1. The van der Waals surface area contributed by atoms with Crippen molar-refractivity contribution in [3.05, 3.63) is 36.0 Å². The molecule has 0 radical (unpaired) electrons. The molecule has 0 aliphatic rings. The standard InChI is InChI=1S/C18H19N3O3/c1-12(20)15(9-19)17(22)11-24-18(23)8-4-5-13-10-21-16-7-3-2-6-14(13)16/h2-3,6-7,10,15,20-21H,4-5,8,11H2,1H3. The van der Waals surface area contributed by atoms with Crippen LogP contribution in [0.5, 0.6) is 0 Å². The summed E-state index contributed by atoms with van der Waals surface area (Å²) >= 11 is 0. The molecule has 0 saturated carbocycles. The van der Waals surface area contributed by atoms with E-state index in [-0.39, 0.29) is 12.1 Å². The van der Waals surface area contributed by atoms with Crippen LogP contribution in [0.3, 0.4) is 0 Å². The second-order valence-electron chi connectivity index (χ2n) is 5.59. The number of ether oxygens (including phenoxy) is 1. The molecule has 2 aromatic rings. The molecule has 124 valence electrons. The summed E-state index contributed by atoms with van der Waals surface area (Å²) in [7, 11) is 0. The molecular formula is C18H19N3O3. The van der Waals surface area contributed by atoms with Crippen LogP contribution >= 0.6 is 0 Å². The van der Waals surface area contributed by atoms with Crippen molar-refractivity contribution in [3.63, 3.8) is 0 Å². The number of aryl methyl sites for hydroxylation is 1. The number of nitrogens with one attached hydrogen (secondary N) is 2. The van der Waals surface area contributed by atoms with Crippen molar-refractivity contribution < 1.29 is 14.3 Å². The lowest BCUT2D eigenvalue weighted by molar-refractivity contribution is -0.148. The second kappa shape index (κ2) is 8.06. The van der Waals surface area contributed by atoms with Gasteiger partial charge < -0.3 is 15.1 Å². The minimum Gasteiger partial charge on any atom is -0.458 e. The topological polar surface area (TPSA) is 107 Å². The van der Waals surface area contributed by atoms with E-state index in [9.17, 15) is 9.59 Å². The summed E-state index contributed by atoms with van der Waals surface area (Å²) in [4.78, 5) is 26.6. The van der Waals surface area contributed by atoms with E-state index in [0.717, 1.165) is 22.9 Å². The van der Waals surface area contributed by atoms with Gasteiger partial charge in [0.1, 0.15) is 5.92 Å². The van der Waals surface area contributed by atoms with Crippen LogP contribution < -0.4 is 0 Å². The second-order valence-corrected chi connectivity index (χ2v) is 5.59. The van der Waals surface area contributed by atoms with E-state index in [1.807, 2.05) is 30.5 Å². The molecule has 1 aromatic heterocycles. The number of hydrogen-bond acceptors (Lipinski definition) is 5. The number of ketones is 1. The van der Waals surface area contributed by atoms with Crippen LogP contribution in [-0.4, -0.2) is 29.1 Å². The number of carbonyl (C=O) groups is 2. The lowest BCUT2D eigenvalue weighted by atomic mass is 10.0. The van der Waals surface area contributed by atoms with Gasteiger partial charge in [0.2, 0.25) is 0 Å². The van der Waals surface area contributed by atoms with Gasteiger partial charge in [-0.15, -0.1) is 0 Å². The maximum absolute atomic E-state index is 11.7. The number of Topliss-reactive ketones (excluding diaryl/α,β-unsaturated/α-hetero) is 1. The number of rotatable bonds is 8. The predicted octanol–water partition coefficient (Wildman–Crippen LogP) is 2.78. The van der Waals surface area contributed by atoms with Crippen LogP contribution in [0.4, 0.5) is 0 Å². The molecule has 0 bridgehead atoms. The van der Waals surface area contributed by atoms with Gasteiger partial charge in [-0.05, 0) is 31.4 Å². The first kappa shape index (κ1) is 17.4. The molecule has 2 rings (SSSR count). The SMILES string of the molecule is CC(=N)C(C#N)C(=O)COC(=O)CCCc1c[nH]c2ccccc12. The molecule has 1 heterocycles. The van der Waals surface area contributed by atoms with E-state index in [0.29, 0.717) is 6.42 Å². The van der Waals surface area contributed by atoms with E-state index in [4.69, 9.17) is 15.4 Å². The minimum atomic E-state index is -1.14. The van der Waals surface area contributed by atoms with Gasteiger partial charge in [0.15, 0.2) is 12.4 Å². The average molecular weight is 325 g/mol. The predicted molar refractivity (Wildman–Crippen MR) is 89.7 cm³/mol. The van der Waals surface area contributed by atoms with Gasteiger partial charge in [-0.3, -0.25) is 9.59 Å². The van der Waals surface area contributed by atoms with Crippen LogP contribution in [0.2, 0.25) is 0 Å². The number of aromatic amines is 1. The maximum atomic E-state index is 11.7. The molecular weight excluding hydrogens is 306 g/mol. The molecule has 1 atom stereocenters. The Labute approximate surface area is 139 Å². The zero-order valence-corrected chi connectivity index (χ0v) is 13.5. The Balaban J connectivity index is 1.77. The molecule has 0 spiro atoms. The Bertz CT molecular complexity index is 801. The van der Waals surface area contributed by atoms with Gasteiger partial charge in [-0.25, -0.2) is 0 Å². The van der Waals surface area contributed by atoms with Crippen molar-refractivity contribution in [2.45, 2.75) is 26.2 Å². The van der Waals surface area contributed by atoms with Crippen molar-refractivity contribution in [1.82, 2.24) is 4.98 Å². The van der Waals surface area contributed by atoms with Crippen molar-refractivity contribution in [3.8, 4) is 6.07 Å². The average Bonchev–Trinajstić information content (AvgIpc) is 2.97. The van der Waals surface area contributed by atoms with Gasteiger partial charge in [-0.1, -0.05) is 18.2 Å². The molecule has 0 aliphatic carbocycles. The first-order valence-corrected chi connectivity index (χ1v) is 7.71. The molecule has 6 heteroatoms. The summed E-state index contributed by atoms with van der Waals surface area (Å²) in [6.45, 7) is 0.926. The summed E-state index contributed by atoms with van der Waals surface area (Å²) in [5.41, 5.74) is 2.15. The highest BCUT2D eigenvalue weighted by Gasteiger charge is 2.21. The normalized spacial score (nSPS) is 11.7. The third-order valence-corrected chi connectivity index (χ3v) is 3.76. The highest BCUT2D eigenvalue weighted by Crippen LogP contribution is 2.19. The minimum absolute atomic E-state index is 0.0436. The van der Waals surface area contributed by atoms with E-state index >= 15 is 0 Å². The number of nitrogens with zero attached hydrogens (tertiary/aromatic N) is 1. The van der Waals surface area contributed by atoms with Crippen LogP contribution in [0.1, 0.15) is 25.3 Å². The lowest BCUT2D eigenvalue weighted by Crippen LogP contribution is -2.25. The fourth-order valence-electron chi connectivity index (χ4n) is 2.48. The molecule has 1 aromatic carbocycles. The van der Waals surface area contributed by atoms with Gasteiger partial charge in [0.25, 0.3) is 0 Å². The van der Waals surface area contributed by atoms with Crippen LogP contribution in [0.25, 0.3) is 10.9 Å². The number of carbonyl (C=O) groups excluding carboxylic acids is 2. The van der Waals surface area contributed by atoms with Crippen LogP contribution in [-0.2, 0) is 20.7 Å². The number of para-hydroxylation sites is 1. The smallest absolute Gasteiger partial charge is 0.306 e. The molecule has 2 N–H and O–H groups in total. The first-order chi connectivity index (χ1) is 11.5. The number of fused-ring (bicyclic) bond motifs is 1. The molecule has 6 nitrogen and oxygen atoms in total. The van der Waals surface area contributed by atoms with Gasteiger partial charge in [0, 0.05) is 29.2 Å². The van der Waals surface area contributed by atoms with Crippen LogP contribution in [0, 0.1) is 22.7 Å². The third kappa shape index (κ3) is 4.29. The van der Waals surface area contributed by atoms with Gasteiger partial charge >= 0.3 is 5.97 Å². The maximum Gasteiger partial charge on any atom is 0.306 e. The Kier molecular flexibility index (Phi) is 5.85. The number of esters is 1. The zero-order valence-electron chi connectivity index (χ0n) is 13.5. The third-order valence-electron chi connectivity index (χ3n) is 3.76. The van der Waals surface area contributed by atoms with E-state index in [2.05, 4.69) is 4.98 Å². The largest absolute Gasteiger partial charge is 0.458 e. The highest BCUT2D eigenvalue weighted by molar-refractivity contribution is 6.06. The number of nitriles is 1. The number of hydrogen-bond donors (Lipinski definition) is 2. The van der Waals surface area contributed by atoms with Crippen molar-refractivity contribution in [1.29, 1.82) is 10.7 Å². The summed E-state index contributed by atoms with van der Waals surface area (Å²) in [6.07, 6.45) is 3.48. The van der Waals surface area contributed by atoms with Crippen molar-refractivity contribution in [2.24, 2.45) is 5.92 Å². The molecule has 24 heavy (non-hydrogen) atoms. The fourth-order valence-corrected chi connectivity index (χ4v) is 2.48. The van der Waals surface area contributed by atoms with E-state index in [1.165, 1.54) is 6.92 Å². The van der Waals surface area contributed by atoms with E-state index in [1.54, 1.807) is 6.07 Å². The fraction of sp³-hybridized carbons (Fsp3) is 0.333. The lowest BCUT2D eigenvalue weighted by Gasteiger charge is -2.07. The molecule has 0 fully saturated rings. The summed E-state index contributed by atoms with van der Waals surface area (Å²) in [5, 5.41) is 17.3. The Morgan fingerprint density at radius 1 is 1.38 bits per heavy atom. The van der Waals surface area contributed by atoms with Crippen LogP contribution in [0.15, 0.2) is 30.5 Å². The van der Waals surface area contributed by atoms with Gasteiger partial charge in [0.05, 0.1) is 6.07 Å². The Morgan fingerprint density at radius 2 is 2.12 bits per heavy atom. The Hall–Kier alpha value is -2.94. The van der Waals surface area contributed by atoms with E-state index < -0.39 is 24.3 Å². The number of benzene rings is 1. The summed E-state index contributed by atoms with van der Waals surface area (Å²) < 4.78 is 4.90. The summed E-state index contributed by atoms with van der Waals surface area (Å²) in [6, 6.07) is 9.69. The molecule has 0 aliphatic heterocycles. The number of H-pyrrole nitrogens is 1. The quantitative estimate of drug-likeness (QED) is 0.575. The summed E-state index contributed by atoms with van der Waals surface area (Å²) in [5.74, 6) is -2.17. The first-order valence-electron chi connectivity index (χ1n) is 7.71. The molecule has 0 saturated heterocycles. The van der Waals surface area contributed by atoms with Crippen molar-refractivity contribution in [2.75, 3.05) is 6.61 Å². The molecule has 0 amide bonds. The van der Waals surface area contributed by atoms with Gasteiger partial charge in [-0.2, -0.15) is 5.26 Å². The highest BCUT2D eigenvalue weighted by atomic mass is 16.5. The Morgan fingerprint density at radius 3 is 2.83 bits per heavy atom. The monoisotopic (exact) mass is 325 g/mol.